The number of likely N-dealkylation sites (N-methyl/N-ethyl adjacent to an activating group) is 1. The molecule has 0 bridgehead atoms. The zero-order valence-electron chi connectivity index (χ0n) is 16.7. The molecule has 0 unspecified atom stereocenters. The van der Waals surface area contributed by atoms with Crippen LogP contribution in [0.4, 0.5) is 0 Å². The van der Waals surface area contributed by atoms with E-state index in [4.69, 9.17) is 9.47 Å². The number of rotatable bonds is 7. The second-order valence-electron chi connectivity index (χ2n) is 6.44. The second kappa shape index (κ2) is 9.03. The average molecular weight is 384 g/mol. The Morgan fingerprint density at radius 2 is 1.93 bits per heavy atom. The van der Waals surface area contributed by atoms with Gasteiger partial charge in [-0.15, -0.1) is 0 Å². The Labute approximate surface area is 163 Å². The Morgan fingerprint density at radius 3 is 2.57 bits per heavy atom. The van der Waals surface area contributed by atoms with Gasteiger partial charge in [0, 0.05) is 32.9 Å². The molecule has 1 aromatic heterocycles. The number of hydrogen-bond acceptors (Lipinski definition) is 5. The average Bonchev–Trinajstić information content (AvgIpc) is 2.68. The van der Waals surface area contributed by atoms with E-state index in [2.05, 4.69) is 0 Å². The van der Waals surface area contributed by atoms with Crippen LogP contribution in [-0.2, 0) is 11.8 Å². The Kier molecular flexibility index (Phi) is 6.76. The van der Waals surface area contributed by atoms with Crippen LogP contribution in [-0.4, -0.2) is 49.0 Å². The van der Waals surface area contributed by atoms with Gasteiger partial charge >= 0.3 is 0 Å². The van der Waals surface area contributed by atoms with Crippen LogP contribution in [0.15, 0.2) is 41.2 Å². The SMILES string of the molecule is COc1cc(C)n(C)c(=O)c1C(=O)/C=C/c1cccc(OCC(=O)N(C)C)c1. The van der Waals surface area contributed by atoms with Crippen molar-refractivity contribution in [3.8, 4) is 11.5 Å². The molecule has 0 N–H and O–H groups in total. The number of hydrogen-bond donors (Lipinski definition) is 0. The van der Waals surface area contributed by atoms with Crippen molar-refractivity contribution in [3.05, 3.63) is 63.6 Å². The summed E-state index contributed by atoms with van der Waals surface area (Å²) in [5.74, 6) is 0.146. The first kappa shape index (κ1) is 21.0. The lowest BCUT2D eigenvalue weighted by atomic mass is 10.1. The largest absolute Gasteiger partial charge is 0.496 e. The van der Waals surface area contributed by atoms with Gasteiger partial charge in [0.05, 0.1) is 7.11 Å². The van der Waals surface area contributed by atoms with Crippen molar-refractivity contribution in [2.75, 3.05) is 27.8 Å². The van der Waals surface area contributed by atoms with Crippen LogP contribution >= 0.6 is 0 Å². The third-order valence-electron chi connectivity index (χ3n) is 4.25. The number of ether oxygens (including phenoxy) is 2. The molecule has 28 heavy (non-hydrogen) atoms. The fourth-order valence-corrected chi connectivity index (χ4v) is 2.42. The molecule has 0 aliphatic rings. The van der Waals surface area contributed by atoms with Gasteiger partial charge in [0.1, 0.15) is 17.1 Å². The minimum atomic E-state index is -0.452. The maximum absolute atomic E-state index is 12.6. The van der Waals surface area contributed by atoms with Crippen LogP contribution in [0.5, 0.6) is 11.5 Å². The van der Waals surface area contributed by atoms with Crippen LogP contribution in [0.3, 0.4) is 0 Å². The molecule has 0 saturated carbocycles. The highest BCUT2D eigenvalue weighted by molar-refractivity contribution is 6.08. The normalized spacial score (nSPS) is 10.8. The van der Waals surface area contributed by atoms with Crippen LogP contribution in [0.25, 0.3) is 6.08 Å². The van der Waals surface area contributed by atoms with Gasteiger partial charge in [0.2, 0.25) is 0 Å². The molecule has 2 aromatic rings. The molecule has 0 saturated heterocycles. The zero-order valence-corrected chi connectivity index (χ0v) is 16.7. The van der Waals surface area contributed by atoms with Crippen molar-refractivity contribution in [2.24, 2.45) is 7.05 Å². The molecular weight excluding hydrogens is 360 g/mol. The van der Waals surface area contributed by atoms with E-state index in [9.17, 15) is 14.4 Å². The lowest BCUT2D eigenvalue weighted by Gasteiger charge is -2.11. The summed E-state index contributed by atoms with van der Waals surface area (Å²) >= 11 is 0. The summed E-state index contributed by atoms with van der Waals surface area (Å²) in [7, 11) is 6.33. The number of aryl methyl sites for hydroxylation is 1. The number of allylic oxidation sites excluding steroid dienone is 1. The lowest BCUT2D eigenvalue weighted by molar-refractivity contribution is -0.130. The van der Waals surface area contributed by atoms with Gasteiger partial charge in [-0.25, -0.2) is 0 Å². The predicted octanol–water partition coefficient (Wildman–Crippen LogP) is 2.07. The van der Waals surface area contributed by atoms with E-state index in [1.807, 2.05) is 0 Å². The summed E-state index contributed by atoms with van der Waals surface area (Å²) in [5.41, 5.74) is 0.965. The first-order valence-electron chi connectivity index (χ1n) is 8.64. The molecule has 2 rings (SSSR count). The predicted molar refractivity (Wildman–Crippen MR) is 107 cm³/mol. The summed E-state index contributed by atoms with van der Waals surface area (Å²) < 4.78 is 12.1. The van der Waals surface area contributed by atoms with Gasteiger partial charge in [-0.05, 0) is 30.7 Å². The van der Waals surface area contributed by atoms with Gasteiger partial charge < -0.3 is 18.9 Å². The molecule has 1 heterocycles. The highest BCUT2D eigenvalue weighted by Crippen LogP contribution is 2.18. The summed E-state index contributed by atoms with van der Waals surface area (Å²) in [6.07, 6.45) is 2.90. The number of aromatic nitrogens is 1. The molecule has 0 atom stereocenters. The third-order valence-corrected chi connectivity index (χ3v) is 4.25. The van der Waals surface area contributed by atoms with E-state index >= 15 is 0 Å². The molecule has 7 heteroatoms. The Balaban J connectivity index is 2.22. The number of benzene rings is 1. The van der Waals surface area contributed by atoms with Crippen molar-refractivity contribution in [1.82, 2.24) is 9.47 Å². The third kappa shape index (κ3) is 4.88. The van der Waals surface area contributed by atoms with Crippen molar-refractivity contribution >= 4 is 17.8 Å². The highest BCUT2D eigenvalue weighted by atomic mass is 16.5. The van der Waals surface area contributed by atoms with E-state index in [1.165, 1.54) is 22.7 Å². The van der Waals surface area contributed by atoms with E-state index in [0.717, 1.165) is 0 Å². The first-order valence-corrected chi connectivity index (χ1v) is 8.64. The van der Waals surface area contributed by atoms with Gasteiger partial charge in [-0.1, -0.05) is 18.2 Å². The van der Waals surface area contributed by atoms with Crippen molar-refractivity contribution in [3.63, 3.8) is 0 Å². The quantitative estimate of drug-likeness (QED) is 0.539. The summed E-state index contributed by atoms with van der Waals surface area (Å²) in [6, 6.07) is 8.62. The van der Waals surface area contributed by atoms with Gasteiger partial charge in [-0.3, -0.25) is 14.4 Å². The molecule has 148 valence electrons. The standard InChI is InChI=1S/C21H24N2O5/c1-14-11-18(27-5)20(21(26)23(14)4)17(24)10-9-15-7-6-8-16(12-15)28-13-19(25)22(2)3/h6-12H,13H2,1-5H3/b10-9+. The van der Waals surface area contributed by atoms with Crippen LogP contribution in [0.1, 0.15) is 21.6 Å². The number of ketones is 1. The van der Waals surface area contributed by atoms with E-state index in [0.29, 0.717) is 17.0 Å². The topological polar surface area (TPSA) is 77.8 Å². The summed E-state index contributed by atoms with van der Waals surface area (Å²) in [6.45, 7) is 1.69. The maximum atomic E-state index is 12.6. The minimum absolute atomic E-state index is 0.0177. The van der Waals surface area contributed by atoms with E-state index in [1.54, 1.807) is 64.5 Å². The Bertz CT molecular complexity index is 973. The summed E-state index contributed by atoms with van der Waals surface area (Å²) in [4.78, 5) is 38.1. The molecule has 7 nitrogen and oxygen atoms in total. The van der Waals surface area contributed by atoms with Crippen molar-refractivity contribution in [2.45, 2.75) is 6.92 Å². The summed E-state index contributed by atoms with van der Waals surface area (Å²) in [5, 5.41) is 0. The number of carbonyl (C=O) groups excluding carboxylic acids is 2. The molecule has 0 aliphatic heterocycles. The van der Waals surface area contributed by atoms with Gasteiger partial charge in [-0.2, -0.15) is 0 Å². The van der Waals surface area contributed by atoms with Gasteiger partial charge in [0.15, 0.2) is 12.4 Å². The highest BCUT2D eigenvalue weighted by Gasteiger charge is 2.17. The number of pyridine rings is 1. The monoisotopic (exact) mass is 384 g/mol. The molecule has 1 amide bonds. The number of carbonyl (C=O) groups is 2. The van der Waals surface area contributed by atoms with Crippen molar-refractivity contribution in [1.29, 1.82) is 0 Å². The molecular formula is C21H24N2O5. The fraction of sp³-hybridized carbons (Fsp3) is 0.286. The second-order valence-corrected chi connectivity index (χ2v) is 6.44. The van der Waals surface area contributed by atoms with Crippen LogP contribution < -0.4 is 15.0 Å². The Morgan fingerprint density at radius 1 is 1.21 bits per heavy atom. The fourth-order valence-electron chi connectivity index (χ4n) is 2.42. The molecule has 0 spiro atoms. The number of methoxy groups -OCH3 is 1. The van der Waals surface area contributed by atoms with Gasteiger partial charge in [0.25, 0.3) is 11.5 Å². The number of amides is 1. The first-order chi connectivity index (χ1) is 13.2. The maximum Gasteiger partial charge on any atom is 0.265 e. The Hall–Kier alpha value is -3.35. The van der Waals surface area contributed by atoms with Crippen LogP contribution in [0.2, 0.25) is 0 Å². The zero-order chi connectivity index (χ0) is 20.8. The van der Waals surface area contributed by atoms with E-state index < -0.39 is 11.3 Å². The van der Waals surface area contributed by atoms with Crippen LogP contribution in [0, 0.1) is 6.92 Å². The molecule has 0 aliphatic carbocycles. The van der Waals surface area contributed by atoms with E-state index in [-0.39, 0.29) is 23.8 Å². The van der Waals surface area contributed by atoms with Crippen molar-refractivity contribution < 1.29 is 19.1 Å². The molecule has 1 aromatic carbocycles. The lowest BCUT2D eigenvalue weighted by Crippen LogP contribution is -2.27. The number of nitrogens with zero attached hydrogens (tertiary/aromatic N) is 2. The molecule has 0 fully saturated rings. The smallest absolute Gasteiger partial charge is 0.265 e. The molecule has 0 radical (unpaired) electrons. The minimum Gasteiger partial charge on any atom is -0.496 e.